The molecule has 1 N–H and O–H groups in total. The number of hydrogen-bond donors (Lipinski definition) is 1. The Balaban J connectivity index is 2.22. The highest BCUT2D eigenvalue weighted by atomic mass is 16.5. The van der Waals surface area contributed by atoms with Crippen LogP contribution in [0.1, 0.15) is 13.8 Å². The van der Waals surface area contributed by atoms with Crippen LogP contribution in [0.25, 0.3) is 0 Å². The van der Waals surface area contributed by atoms with Gasteiger partial charge in [-0.05, 0) is 13.8 Å². The zero-order chi connectivity index (χ0) is 7.40. The van der Waals surface area contributed by atoms with Gasteiger partial charge in [0.25, 0.3) is 0 Å². The molecule has 0 aromatic heterocycles. The summed E-state index contributed by atoms with van der Waals surface area (Å²) in [6.45, 7) is 5.94. The molecule has 1 rings (SSSR count). The van der Waals surface area contributed by atoms with Crippen LogP contribution < -0.4 is 5.43 Å². The van der Waals surface area contributed by atoms with E-state index in [0.29, 0.717) is 13.4 Å². The molecule has 0 fully saturated rings. The van der Waals surface area contributed by atoms with Crippen molar-refractivity contribution in [3.8, 4) is 0 Å². The van der Waals surface area contributed by atoms with Gasteiger partial charge in [-0.2, -0.15) is 0 Å². The zero-order valence-corrected chi connectivity index (χ0v) is 6.42. The number of aliphatic imine (C=N–C) groups is 1. The van der Waals surface area contributed by atoms with Gasteiger partial charge in [-0.15, -0.1) is 0 Å². The molecule has 0 saturated heterocycles. The number of ether oxygens (including phenoxy) is 1. The molecule has 0 aliphatic carbocycles. The zero-order valence-electron chi connectivity index (χ0n) is 6.42. The summed E-state index contributed by atoms with van der Waals surface area (Å²) in [5, 5.41) is 1.89. The van der Waals surface area contributed by atoms with Gasteiger partial charge < -0.3 is 4.74 Å². The number of hydrazine groups is 1. The number of nitrogens with zero attached hydrogens (tertiary/aromatic N) is 2. The summed E-state index contributed by atoms with van der Waals surface area (Å²) in [6, 6.07) is 0. The lowest BCUT2D eigenvalue weighted by Gasteiger charge is -2.16. The van der Waals surface area contributed by atoms with Gasteiger partial charge in [0.05, 0.1) is 0 Å². The molecule has 0 unspecified atom stereocenters. The minimum Gasteiger partial charge on any atom is -0.360 e. The van der Waals surface area contributed by atoms with Crippen molar-refractivity contribution < 1.29 is 4.74 Å². The van der Waals surface area contributed by atoms with E-state index < -0.39 is 0 Å². The molecule has 4 heteroatoms. The number of nitrogens with one attached hydrogen (secondary N) is 1. The van der Waals surface area contributed by atoms with E-state index in [0.717, 1.165) is 12.4 Å². The molecular weight excluding hydrogens is 130 g/mol. The predicted octanol–water partition coefficient (Wildman–Crippen LogP) is 0.176. The normalized spacial score (nSPS) is 17.8. The van der Waals surface area contributed by atoms with Crippen molar-refractivity contribution in [2.45, 2.75) is 13.8 Å². The minimum atomic E-state index is 0.589. The molecule has 58 valence electrons. The first-order chi connectivity index (χ1) is 4.84. The topological polar surface area (TPSA) is 36.9 Å². The molecule has 1 aliphatic rings. The van der Waals surface area contributed by atoms with Crippen LogP contribution in [0.3, 0.4) is 0 Å². The van der Waals surface area contributed by atoms with Gasteiger partial charge in [0.2, 0.25) is 0 Å². The fourth-order valence-corrected chi connectivity index (χ4v) is 0.757. The Kier molecular flexibility index (Phi) is 2.65. The van der Waals surface area contributed by atoms with E-state index >= 15 is 0 Å². The fraction of sp³-hybridized carbons (Fsp3) is 0.833. The smallest absolute Gasteiger partial charge is 0.134 e. The molecular formula is C6H13N3O. The van der Waals surface area contributed by atoms with Crippen molar-refractivity contribution in [2.75, 3.05) is 20.0 Å². The summed E-state index contributed by atoms with van der Waals surface area (Å²) in [7, 11) is 0. The van der Waals surface area contributed by atoms with Gasteiger partial charge in [0.15, 0.2) is 0 Å². The molecule has 0 spiro atoms. The molecule has 0 amide bonds. The van der Waals surface area contributed by atoms with Crippen LogP contribution in [0.15, 0.2) is 4.99 Å². The predicted molar refractivity (Wildman–Crippen MR) is 39.4 cm³/mol. The van der Waals surface area contributed by atoms with Crippen molar-refractivity contribution in [2.24, 2.45) is 4.99 Å². The second kappa shape index (κ2) is 3.53. The maximum atomic E-state index is 5.17. The highest BCUT2D eigenvalue weighted by molar-refractivity contribution is 5.80. The lowest BCUT2D eigenvalue weighted by Crippen LogP contribution is -2.37. The fourth-order valence-electron chi connectivity index (χ4n) is 0.757. The maximum Gasteiger partial charge on any atom is 0.134 e. The molecule has 0 radical (unpaired) electrons. The summed E-state index contributed by atoms with van der Waals surface area (Å²) in [5.41, 5.74) is 3.05. The van der Waals surface area contributed by atoms with Crippen LogP contribution in [0, 0.1) is 0 Å². The second-order valence-corrected chi connectivity index (χ2v) is 2.07. The average Bonchev–Trinajstić information content (AvgIpc) is 2.31. The molecule has 0 aromatic carbocycles. The van der Waals surface area contributed by atoms with Crippen LogP contribution in [-0.4, -0.2) is 30.9 Å². The first-order valence-corrected chi connectivity index (χ1v) is 3.44. The van der Waals surface area contributed by atoms with Gasteiger partial charge in [-0.3, -0.25) is 10.0 Å². The number of hydrogen-bond acceptors (Lipinski definition) is 4. The van der Waals surface area contributed by atoms with Crippen LogP contribution in [-0.2, 0) is 4.74 Å². The van der Waals surface area contributed by atoms with Crippen molar-refractivity contribution in [1.29, 1.82) is 0 Å². The highest BCUT2D eigenvalue weighted by Gasteiger charge is 2.09. The van der Waals surface area contributed by atoms with Crippen molar-refractivity contribution in [1.82, 2.24) is 10.4 Å². The Morgan fingerprint density at radius 2 is 2.60 bits per heavy atom. The first-order valence-electron chi connectivity index (χ1n) is 3.44. The molecule has 1 heterocycles. The molecule has 0 atom stereocenters. The third-order valence-corrected chi connectivity index (χ3v) is 1.38. The number of rotatable bonds is 3. The SMILES string of the molecule is CCOCN1NCN=C1C. The lowest BCUT2D eigenvalue weighted by atomic mass is 10.7. The molecule has 1 aliphatic heterocycles. The van der Waals surface area contributed by atoms with E-state index in [2.05, 4.69) is 10.4 Å². The lowest BCUT2D eigenvalue weighted by molar-refractivity contribution is 0.0562. The van der Waals surface area contributed by atoms with E-state index in [1.807, 2.05) is 18.9 Å². The van der Waals surface area contributed by atoms with Crippen molar-refractivity contribution in [3.05, 3.63) is 0 Å². The quantitative estimate of drug-likeness (QED) is 0.612. The first kappa shape index (κ1) is 7.50. The molecule has 0 aromatic rings. The maximum absolute atomic E-state index is 5.17. The van der Waals surface area contributed by atoms with E-state index in [9.17, 15) is 0 Å². The Hall–Kier alpha value is -0.610. The summed E-state index contributed by atoms with van der Waals surface area (Å²) in [4.78, 5) is 4.12. The Morgan fingerprint density at radius 1 is 1.80 bits per heavy atom. The number of amidine groups is 1. The Morgan fingerprint density at radius 3 is 3.10 bits per heavy atom. The van der Waals surface area contributed by atoms with Crippen LogP contribution in [0.5, 0.6) is 0 Å². The Labute approximate surface area is 60.8 Å². The van der Waals surface area contributed by atoms with Crippen LogP contribution in [0.4, 0.5) is 0 Å². The molecule has 4 nitrogen and oxygen atoms in total. The Bertz CT molecular complexity index is 135. The van der Waals surface area contributed by atoms with Gasteiger partial charge >= 0.3 is 0 Å². The third-order valence-electron chi connectivity index (χ3n) is 1.38. The van der Waals surface area contributed by atoms with E-state index in [1.165, 1.54) is 0 Å². The average molecular weight is 143 g/mol. The molecule has 10 heavy (non-hydrogen) atoms. The highest BCUT2D eigenvalue weighted by Crippen LogP contribution is 1.94. The molecule has 0 bridgehead atoms. The summed E-state index contributed by atoms with van der Waals surface area (Å²) < 4.78 is 5.17. The van der Waals surface area contributed by atoms with E-state index in [1.54, 1.807) is 0 Å². The standard InChI is InChI=1S/C6H13N3O/c1-3-10-5-9-6(2)7-4-8-9/h8H,3-5H2,1-2H3. The van der Waals surface area contributed by atoms with Crippen molar-refractivity contribution in [3.63, 3.8) is 0 Å². The summed E-state index contributed by atoms with van der Waals surface area (Å²) in [6.07, 6.45) is 0. The molecule has 0 saturated carbocycles. The van der Waals surface area contributed by atoms with Gasteiger partial charge in [-0.1, -0.05) is 0 Å². The van der Waals surface area contributed by atoms with E-state index in [-0.39, 0.29) is 0 Å². The van der Waals surface area contributed by atoms with Gasteiger partial charge in [0, 0.05) is 6.61 Å². The third kappa shape index (κ3) is 1.68. The van der Waals surface area contributed by atoms with Crippen LogP contribution >= 0.6 is 0 Å². The van der Waals surface area contributed by atoms with Gasteiger partial charge in [-0.25, -0.2) is 5.43 Å². The van der Waals surface area contributed by atoms with Gasteiger partial charge in [0.1, 0.15) is 19.2 Å². The van der Waals surface area contributed by atoms with Crippen molar-refractivity contribution >= 4 is 5.84 Å². The van der Waals surface area contributed by atoms with Crippen LogP contribution in [0.2, 0.25) is 0 Å². The largest absolute Gasteiger partial charge is 0.360 e. The minimum absolute atomic E-state index is 0.589. The second-order valence-electron chi connectivity index (χ2n) is 2.07. The monoisotopic (exact) mass is 143 g/mol. The van der Waals surface area contributed by atoms with E-state index in [4.69, 9.17) is 4.74 Å². The summed E-state index contributed by atoms with van der Waals surface area (Å²) in [5.74, 6) is 0.994. The summed E-state index contributed by atoms with van der Waals surface area (Å²) >= 11 is 0.